The molecule has 1 N–H and O–H groups in total. The van der Waals surface area contributed by atoms with Gasteiger partial charge in [-0.3, -0.25) is 19.3 Å². The van der Waals surface area contributed by atoms with Gasteiger partial charge in [0.1, 0.15) is 41.5 Å². The first kappa shape index (κ1) is 31.5. The van der Waals surface area contributed by atoms with Gasteiger partial charge in [-0.15, -0.1) is 0 Å². The fraction of sp³-hybridized carbons (Fsp3) is 0.324. The molecular weight excluding hydrogens is 654 g/mol. The molecule has 0 radical (unpaired) electrons. The summed E-state index contributed by atoms with van der Waals surface area (Å²) in [4.78, 5) is 29.8. The summed E-state index contributed by atoms with van der Waals surface area (Å²) in [6.45, 7) is 7.15. The van der Waals surface area contributed by atoms with Crippen LogP contribution in [0, 0.1) is 11.6 Å². The van der Waals surface area contributed by atoms with Gasteiger partial charge in [0, 0.05) is 69.9 Å². The van der Waals surface area contributed by atoms with Crippen molar-refractivity contribution in [3.63, 3.8) is 0 Å². The third-order valence-corrected chi connectivity index (χ3v) is 10.2. The minimum Gasteiger partial charge on any atom is -0.488 e. The maximum atomic E-state index is 14.8. The average Bonchev–Trinajstić information content (AvgIpc) is 3.88. The standard InChI is InChI=1S/C37H36F2N10O2/c38-25-7-8-33(31(39)18-25)49-36-29(20-43-49)35(41-23-42-36)48-21-27-19-34(48)37(50)40-9-10-45-11-13-46(14-12-45)15-16-47-22-30-28(5-2-6-32(30)44-47)24-3-1-4-26(17-24)51-27/h1-8,17-18,20,22-23,27,34H,9-16,19,21H2,(H,40,50)/t27-,34-/m0/s1. The van der Waals surface area contributed by atoms with Crippen LogP contribution in [-0.4, -0.2) is 110 Å². The predicted octanol–water partition coefficient (Wildman–Crippen LogP) is 3.88. The number of ether oxygens (including phenoxy) is 1. The molecule has 7 heterocycles. The molecule has 0 spiro atoms. The molecule has 2 atom stereocenters. The number of hydrogen-bond acceptors (Lipinski definition) is 9. The predicted molar refractivity (Wildman–Crippen MR) is 188 cm³/mol. The van der Waals surface area contributed by atoms with Crippen LogP contribution in [0.1, 0.15) is 6.42 Å². The lowest BCUT2D eigenvalue weighted by atomic mass is 10.0. The van der Waals surface area contributed by atoms with E-state index in [1.165, 1.54) is 23.1 Å². The number of amides is 1. The highest BCUT2D eigenvalue weighted by molar-refractivity contribution is 5.95. The van der Waals surface area contributed by atoms with Crippen molar-refractivity contribution in [3.05, 3.63) is 91.0 Å². The first-order valence-electron chi connectivity index (χ1n) is 17.3. The molecule has 14 heteroatoms. The van der Waals surface area contributed by atoms with Crippen LogP contribution >= 0.6 is 0 Å². The number of fused-ring (bicyclic) bond motifs is 7. The number of benzene rings is 3. The summed E-state index contributed by atoms with van der Waals surface area (Å²) in [5, 5.41) is 14.1. The monoisotopic (exact) mass is 690 g/mol. The van der Waals surface area contributed by atoms with Gasteiger partial charge in [0.05, 0.1) is 30.2 Å². The Bertz CT molecular complexity index is 2250. The second kappa shape index (κ2) is 13.0. The average molecular weight is 691 g/mol. The first-order chi connectivity index (χ1) is 25.0. The molecule has 3 aromatic carbocycles. The fourth-order valence-electron chi connectivity index (χ4n) is 7.58. The summed E-state index contributed by atoms with van der Waals surface area (Å²) in [5.41, 5.74) is 3.44. The van der Waals surface area contributed by atoms with Crippen LogP contribution in [0.3, 0.4) is 0 Å². The Morgan fingerprint density at radius 2 is 1.69 bits per heavy atom. The van der Waals surface area contributed by atoms with E-state index in [2.05, 4.69) is 59.3 Å². The van der Waals surface area contributed by atoms with Crippen LogP contribution in [-0.2, 0) is 11.3 Å². The van der Waals surface area contributed by atoms with E-state index >= 15 is 0 Å². The number of carbonyl (C=O) groups excluding carboxylic acids is 1. The van der Waals surface area contributed by atoms with Gasteiger partial charge in [-0.25, -0.2) is 23.4 Å². The van der Waals surface area contributed by atoms with Crippen molar-refractivity contribution in [1.29, 1.82) is 0 Å². The number of aromatic nitrogens is 6. The minimum absolute atomic E-state index is 0.0581. The molecule has 10 rings (SSSR count). The summed E-state index contributed by atoms with van der Waals surface area (Å²) in [7, 11) is 0. The van der Waals surface area contributed by atoms with Gasteiger partial charge >= 0.3 is 0 Å². The molecule has 8 bridgehead atoms. The third kappa shape index (κ3) is 6.03. The Kier molecular flexibility index (Phi) is 8.04. The van der Waals surface area contributed by atoms with Crippen molar-refractivity contribution in [3.8, 4) is 22.6 Å². The summed E-state index contributed by atoms with van der Waals surface area (Å²) in [5.74, 6) is -0.388. The maximum absolute atomic E-state index is 14.8. The van der Waals surface area contributed by atoms with Crippen molar-refractivity contribution >= 4 is 33.7 Å². The summed E-state index contributed by atoms with van der Waals surface area (Å²) in [6.07, 6.45) is 5.15. The lowest BCUT2D eigenvalue weighted by Gasteiger charge is -2.34. The number of carbonyl (C=O) groups is 1. The van der Waals surface area contributed by atoms with Crippen LogP contribution in [0.15, 0.2) is 79.4 Å². The van der Waals surface area contributed by atoms with E-state index in [-0.39, 0.29) is 17.7 Å². The number of nitrogens with one attached hydrogen (secondary N) is 1. The highest BCUT2D eigenvalue weighted by Gasteiger charge is 2.40. The highest BCUT2D eigenvalue weighted by atomic mass is 19.1. The van der Waals surface area contributed by atoms with Crippen LogP contribution in [0.5, 0.6) is 5.75 Å². The van der Waals surface area contributed by atoms with Gasteiger partial charge in [0.2, 0.25) is 5.91 Å². The Morgan fingerprint density at radius 3 is 2.55 bits per heavy atom. The largest absolute Gasteiger partial charge is 0.488 e. The van der Waals surface area contributed by atoms with Gasteiger partial charge in [0.15, 0.2) is 11.5 Å². The van der Waals surface area contributed by atoms with Crippen molar-refractivity contribution in [2.45, 2.75) is 25.1 Å². The number of halogens is 2. The third-order valence-electron chi connectivity index (χ3n) is 10.2. The van der Waals surface area contributed by atoms with Gasteiger partial charge in [-0.1, -0.05) is 24.3 Å². The number of rotatable bonds is 2. The molecule has 51 heavy (non-hydrogen) atoms. The van der Waals surface area contributed by atoms with E-state index in [0.29, 0.717) is 42.1 Å². The van der Waals surface area contributed by atoms with Crippen molar-refractivity contribution in [1.82, 2.24) is 44.6 Å². The zero-order chi connectivity index (χ0) is 34.5. The van der Waals surface area contributed by atoms with E-state index < -0.39 is 17.7 Å². The highest BCUT2D eigenvalue weighted by Crippen LogP contribution is 2.35. The van der Waals surface area contributed by atoms with E-state index in [4.69, 9.17) is 9.84 Å². The second-order valence-corrected chi connectivity index (χ2v) is 13.4. The van der Waals surface area contributed by atoms with Crippen molar-refractivity contribution in [2.24, 2.45) is 0 Å². The Morgan fingerprint density at radius 1 is 0.863 bits per heavy atom. The summed E-state index contributed by atoms with van der Waals surface area (Å²) < 4.78 is 38.5. The van der Waals surface area contributed by atoms with E-state index in [1.807, 2.05) is 29.2 Å². The van der Waals surface area contributed by atoms with Crippen LogP contribution in [0.4, 0.5) is 14.6 Å². The normalized spacial score (nSPS) is 22.6. The molecule has 4 aliphatic rings. The number of anilines is 1. The fourth-order valence-corrected chi connectivity index (χ4v) is 7.58. The molecule has 1 amide bonds. The molecule has 0 aliphatic carbocycles. The minimum atomic E-state index is -0.766. The SMILES string of the molecule is O=C1NCCN2CCN(CC2)CCn2cc3c(cccc3n2)-c2cccc(c2)O[C@H]2C[C@@H]1N(c1ncnc3c1cnn3-c1ccc(F)cc1F)C2. The molecule has 3 aromatic heterocycles. The summed E-state index contributed by atoms with van der Waals surface area (Å²) in [6, 6.07) is 16.9. The van der Waals surface area contributed by atoms with Crippen LogP contribution in [0.25, 0.3) is 38.8 Å². The molecule has 2 saturated heterocycles. The zero-order valence-corrected chi connectivity index (χ0v) is 27.8. The van der Waals surface area contributed by atoms with E-state index in [1.54, 1.807) is 6.20 Å². The van der Waals surface area contributed by atoms with E-state index in [9.17, 15) is 13.6 Å². The topological polar surface area (TPSA) is 109 Å². The number of nitrogens with zero attached hydrogens (tertiary/aromatic N) is 9. The summed E-state index contributed by atoms with van der Waals surface area (Å²) >= 11 is 0. The quantitative estimate of drug-likeness (QED) is 0.290. The Hall–Kier alpha value is -5.47. The smallest absolute Gasteiger partial charge is 0.242 e. The molecule has 0 saturated carbocycles. The lowest BCUT2D eigenvalue weighted by molar-refractivity contribution is -0.122. The van der Waals surface area contributed by atoms with Crippen LogP contribution < -0.4 is 15.0 Å². The maximum Gasteiger partial charge on any atom is 0.242 e. The van der Waals surface area contributed by atoms with Crippen molar-refractivity contribution < 1.29 is 18.3 Å². The van der Waals surface area contributed by atoms with Gasteiger partial charge in [0.25, 0.3) is 0 Å². The first-order valence-corrected chi connectivity index (χ1v) is 17.3. The molecule has 0 unspecified atom stereocenters. The zero-order valence-electron chi connectivity index (χ0n) is 27.8. The second-order valence-electron chi connectivity index (χ2n) is 13.4. The van der Waals surface area contributed by atoms with Gasteiger partial charge in [-0.2, -0.15) is 10.2 Å². The van der Waals surface area contributed by atoms with Gasteiger partial charge < -0.3 is 15.0 Å². The molecule has 12 nitrogen and oxygen atoms in total. The number of piperazine rings is 1. The number of hydrogen-bond donors (Lipinski definition) is 1. The lowest BCUT2D eigenvalue weighted by Crippen LogP contribution is -2.50. The molecular formula is C37H36F2N10O2. The Balaban J connectivity index is 1.07. The molecule has 6 aromatic rings. The molecule has 260 valence electrons. The van der Waals surface area contributed by atoms with Gasteiger partial charge in [-0.05, 0) is 41.5 Å². The Labute approximate surface area is 292 Å². The van der Waals surface area contributed by atoms with Crippen molar-refractivity contribution in [2.75, 3.05) is 57.3 Å². The van der Waals surface area contributed by atoms with E-state index in [0.717, 1.165) is 73.9 Å². The molecule has 2 fully saturated rings. The van der Waals surface area contributed by atoms with Crippen LogP contribution in [0.2, 0.25) is 0 Å². The molecule has 4 aliphatic heterocycles.